The van der Waals surface area contributed by atoms with Gasteiger partial charge in [-0.25, -0.2) is 15.4 Å². The minimum atomic E-state index is -0.223. The monoisotopic (exact) mass is 525 g/mol. The van der Waals surface area contributed by atoms with Crippen LogP contribution >= 0.6 is 35.0 Å². The number of nitrogens with zero attached hydrogens (tertiary/aromatic N) is 4. The molecule has 2 aromatic heterocycles. The number of hydrazone groups is 1. The van der Waals surface area contributed by atoms with Crippen LogP contribution in [0, 0.1) is 27.7 Å². The second-order valence-corrected chi connectivity index (χ2v) is 10.1. The predicted molar refractivity (Wildman–Crippen MR) is 145 cm³/mol. The maximum absolute atomic E-state index is 12.4. The second-order valence-electron chi connectivity index (χ2n) is 8.36. The molecule has 1 N–H and O–H groups in total. The zero-order chi connectivity index (χ0) is 25.1. The highest BCUT2D eigenvalue weighted by atomic mass is 35.5. The number of carbonyl (C=O) groups excluding carboxylic acids is 1. The molecule has 0 radical (unpaired) electrons. The first-order valence-electron chi connectivity index (χ1n) is 11.0. The van der Waals surface area contributed by atoms with E-state index in [1.807, 2.05) is 39.0 Å². The van der Waals surface area contributed by atoms with E-state index in [1.165, 1.54) is 11.8 Å². The van der Waals surface area contributed by atoms with E-state index >= 15 is 0 Å². The molecule has 0 saturated carbocycles. The predicted octanol–water partition coefficient (Wildman–Crippen LogP) is 6.26. The summed E-state index contributed by atoms with van der Waals surface area (Å²) >= 11 is 13.8. The van der Waals surface area contributed by atoms with Crippen LogP contribution in [0.3, 0.4) is 0 Å². The van der Waals surface area contributed by atoms with Crippen LogP contribution in [0.4, 0.5) is 0 Å². The Morgan fingerprint density at radius 3 is 2.51 bits per heavy atom. The summed E-state index contributed by atoms with van der Waals surface area (Å²) in [5.74, 6) is -0.0469. The number of benzene rings is 2. The van der Waals surface area contributed by atoms with Crippen molar-refractivity contribution in [3.8, 4) is 0 Å². The Labute approximate surface area is 218 Å². The number of aryl methyl sites for hydroxylation is 3. The molecular weight excluding hydrogens is 501 g/mol. The molecule has 35 heavy (non-hydrogen) atoms. The van der Waals surface area contributed by atoms with Gasteiger partial charge in [-0.2, -0.15) is 5.10 Å². The Bertz CT molecular complexity index is 1430. The maximum atomic E-state index is 12.4. The highest BCUT2D eigenvalue weighted by molar-refractivity contribution is 7.99. The molecule has 0 aliphatic carbocycles. The molecule has 4 aromatic rings. The van der Waals surface area contributed by atoms with Crippen molar-refractivity contribution in [1.29, 1.82) is 0 Å². The molecule has 9 heteroatoms. The fourth-order valence-electron chi connectivity index (χ4n) is 3.90. The van der Waals surface area contributed by atoms with Crippen LogP contribution in [0.25, 0.3) is 10.9 Å². The van der Waals surface area contributed by atoms with Gasteiger partial charge in [0.15, 0.2) is 5.16 Å². The summed E-state index contributed by atoms with van der Waals surface area (Å²) in [5, 5.41) is 7.11. The van der Waals surface area contributed by atoms with Gasteiger partial charge in [0.2, 0.25) is 0 Å². The first-order chi connectivity index (χ1) is 16.7. The summed E-state index contributed by atoms with van der Waals surface area (Å²) in [6, 6.07) is 13.7. The lowest BCUT2D eigenvalue weighted by molar-refractivity contribution is -0.118. The smallest absolute Gasteiger partial charge is 0.250 e. The lowest BCUT2D eigenvalue weighted by Gasteiger charge is -2.11. The van der Waals surface area contributed by atoms with Gasteiger partial charge in [-0.05, 0) is 63.6 Å². The van der Waals surface area contributed by atoms with Crippen LogP contribution in [-0.4, -0.2) is 32.4 Å². The molecule has 0 unspecified atom stereocenters. The molecule has 2 aromatic carbocycles. The number of fused-ring (bicyclic) bond motifs is 1. The van der Waals surface area contributed by atoms with Gasteiger partial charge >= 0.3 is 0 Å². The van der Waals surface area contributed by atoms with E-state index in [4.69, 9.17) is 23.2 Å². The van der Waals surface area contributed by atoms with Crippen molar-refractivity contribution in [3.63, 3.8) is 0 Å². The lowest BCUT2D eigenvalue weighted by atomic mass is 10.1. The van der Waals surface area contributed by atoms with E-state index < -0.39 is 0 Å². The third kappa shape index (κ3) is 6.04. The van der Waals surface area contributed by atoms with Gasteiger partial charge in [-0.1, -0.05) is 52.7 Å². The molecule has 0 fully saturated rings. The Morgan fingerprint density at radius 2 is 1.80 bits per heavy atom. The largest absolute Gasteiger partial charge is 0.340 e. The van der Waals surface area contributed by atoms with Gasteiger partial charge < -0.3 is 4.57 Å². The minimum Gasteiger partial charge on any atom is -0.340 e. The Hall–Kier alpha value is -2.87. The van der Waals surface area contributed by atoms with Crippen molar-refractivity contribution >= 4 is 58.0 Å². The summed E-state index contributed by atoms with van der Waals surface area (Å²) in [6.07, 6.45) is 1.70. The zero-order valence-electron chi connectivity index (χ0n) is 19.9. The first kappa shape index (κ1) is 25.2. The standard InChI is InChI=1S/C26H25Cl2N5OS/c1-15-5-8-24-21(9-15)22(18(4)33(24)13-19-6-7-20(27)11-23(19)28)12-29-32-25(34)14-35-26-30-16(2)10-17(3)31-26/h5-12H,13-14H2,1-4H3,(H,32,34)/b29-12+. The molecule has 0 bridgehead atoms. The van der Waals surface area contributed by atoms with Crippen molar-refractivity contribution < 1.29 is 4.79 Å². The number of hydrogen-bond donors (Lipinski definition) is 1. The number of hydrogen-bond acceptors (Lipinski definition) is 5. The van der Waals surface area contributed by atoms with E-state index in [2.05, 4.69) is 50.2 Å². The summed E-state index contributed by atoms with van der Waals surface area (Å²) in [6.45, 7) is 8.50. The van der Waals surface area contributed by atoms with Crippen LogP contribution in [-0.2, 0) is 11.3 Å². The highest BCUT2D eigenvalue weighted by Crippen LogP contribution is 2.29. The fourth-order valence-corrected chi connectivity index (χ4v) is 5.11. The highest BCUT2D eigenvalue weighted by Gasteiger charge is 2.15. The summed E-state index contributed by atoms with van der Waals surface area (Å²) < 4.78 is 2.19. The SMILES string of the molecule is Cc1ccc2c(c1)c(/C=N/NC(=O)CSc1nc(C)cc(C)n1)c(C)n2Cc1ccc(Cl)cc1Cl. The van der Waals surface area contributed by atoms with Crippen LogP contribution in [0.15, 0.2) is 52.7 Å². The van der Waals surface area contributed by atoms with E-state index in [1.54, 1.807) is 12.3 Å². The number of carbonyl (C=O) groups is 1. The van der Waals surface area contributed by atoms with Crippen molar-refractivity contribution in [2.75, 3.05) is 5.75 Å². The molecule has 1 amide bonds. The van der Waals surface area contributed by atoms with Gasteiger partial charge in [0.1, 0.15) is 0 Å². The first-order valence-corrected chi connectivity index (χ1v) is 12.8. The number of nitrogens with one attached hydrogen (secondary N) is 1. The molecule has 0 spiro atoms. The molecule has 0 aliphatic rings. The number of halogens is 2. The maximum Gasteiger partial charge on any atom is 0.250 e. The van der Waals surface area contributed by atoms with Crippen molar-refractivity contribution in [1.82, 2.24) is 20.0 Å². The summed E-state index contributed by atoms with van der Waals surface area (Å²) in [7, 11) is 0. The average molecular weight is 526 g/mol. The molecule has 180 valence electrons. The van der Waals surface area contributed by atoms with Crippen LogP contribution in [0.1, 0.15) is 33.8 Å². The summed E-state index contributed by atoms with van der Waals surface area (Å²) in [5.41, 5.74) is 9.51. The Morgan fingerprint density at radius 1 is 1.06 bits per heavy atom. The third-order valence-electron chi connectivity index (χ3n) is 5.55. The van der Waals surface area contributed by atoms with Crippen LogP contribution < -0.4 is 5.43 Å². The minimum absolute atomic E-state index is 0.176. The number of rotatable bonds is 7. The average Bonchev–Trinajstić information content (AvgIpc) is 3.04. The van der Waals surface area contributed by atoms with Gasteiger partial charge in [-0.15, -0.1) is 0 Å². The van der Waals surface area contributed by atoms with Crippen molar-refractivity contribution in [3.05, 3.63) is 86.3 Å². The van der Waals surface area contributed by atoms with Gasteiger partial charge in [-0.3, -0.25) is 4.79 Å². The molecule has 2 heterocycles. The van der Waals surface area contributed by atoms with Gasteiger partial charge in [0.05, 0.1) is 12.0 Å². The van der Waals surface area contributed by atoms with E-state index in [-0.39, 0.29) is 11.7 Å². The Balaban J connectivity index is 1.54. The topological polar surface area (TPSA) is 72.2 Å². The third-order valence-corrected chi connectivity index (χ3v) is 6.98. The van der Waals surface area contributed by atoms with Crippen molar-refractivity contribution in [2.45, 2.75) is 39.4 Å². The summed E-state index contributed by atoms with van der Waals surface area (Å²) in [4.78, 5) is 21.1. The molecular formula is C26H25Cl2N5OS. The zero-order valence-corrected chi connectivity index (χ0v) is 22.2. The molecule has 6 nitrogen and oxygen atoms in total. The molecule has 0 atom stereocenters. The quantitative estimate of drug-likeness (QED) is 0.134. The van der Waals surface area contributed by atoms with E-state index in [9.17, 15) is 4.79 Å². The van der Waals surface area contributed by atoms with E-state index in [0.29, 0.717) is 21.7 Å². The van der Waals surface area contributed by atoms with Crippen LogP contribution in [0.2, 0.25) is 10.0 Å². The molecule has 0 saturated heterocycles. The Kier molecular flexibility index (Phi) is 7.79. The lowest BCUT2D eigenvalue weighted by Crippen LogP contribution is -2.20. The van der Waals surface area contributed by atoms with Crippen molar-refractivity contribution in [2.24, 2.45) is 5.10 Å². The molecule has 0 aliphatic heterocycles. The number of thioether (sulfide) groups is 1. The number of aromatic nitrogens is 3. The van der Waals surface area contributed by atoms with Gasteiger partial charge in [0, 0.05) is 50.1 Å². The van der Waals surface area contributed by atoms with Gasteiger partial charge in [0.25, 0.3) is 5.91 Å². The number of amides is 1. The fraction of sp³-hybridized carbons (Fsp3) is 0.231. The van der Waals surface area contributed by atoms with E-state index in [0.717, 1.165) is 44.7 Å². The second kappa shape index (κ2) is 10.8. The molecule has 4 rings (SSSR count). The normalized spacial score (nSPS) is 11.5. The van der Waals surface area contributed by atoms with Crippen LogP contribution in [0.5, 0.6) is 0 Å².